The molecule has 80 valence electrons. The third kappa shape index (κ3) is 1.85. The highest BCUT2D eigenvalue weighted by atomic mass is 15.1. The number of aryl methyl sites for hydroxylation is 2. The Morgan fingerprint density at radius 1 is 1.40 bits per heavy atom. The van der Waals surface area contributed by atoms with Crippen LogP contribution in [0.25, 0.3) is 5.65 Å². The van der Waals surface area contributed by atoms with Gasteiger partial charge in [-0.1, -0.05) is 0 Å². The van der Waals surface area contributed by atoms with Gasteiger partial charge in [-0.05, 0) is 20.9 Å². The van der Waals surface area contributed by atoms with Crippen molar-refractivity contribution in [3.8, 4) is 0 Å². The summed E-state index contributed by atoms with van der Waals surface area (Å²) in [6.45, 7) is 5.02. The Kier molecular flexibility index (Phi) is 2.68. The largest absolute Gasteiger partial charge is 0.319 e. The summed E-state index contributed by atoms with van der Waals surface area (Å²) in [4.78, 5) is 8.86. The molecule has 0 saturated heterocycles. The third-order valence-corrected chi connectivity index (χ3v) is 2.60. The van der Waals surface area contributed by atoms with Gasteiger partial charge in [-0.2, -0.15) is 0 Å². The van der Waals surface area contributed by atoms with Gasteiger partial charge < -0.3 is 5.32 Å². The van der Waals surface area contributed by atoms with E-state index in [0.717, 1.165) is 30.0 Å². The zero-order chi connectivity index (χ0) is 10.8. The minimum atomic E-state index is 0.955. The molecule has 0 aliphatic carbocycles. The summed E-state index contributed by atoms with van der Waals surface area (Å²) in [7, 11) is 1.96. The van der Waals surface area contributed by atoms with Crippen molar-refractivity contribution >= 4 is 5.65 Å². The SMILES string of the molecule is CNCCc1nc2cc(C)ncn2c1C. The van der Waals surface area contributed by atoms with E-state index in [-0.39, 0.29) is 0 Å². The predicted molar refractivity (Wildman–Crippen MR) is 60.1 cm³/mol. The summed E-state index contributed by atoms with van der Waals surface area (Å²) < 4.78 is 2.04. The molecule has 0 aromatic carbocycles. The Balaban J connectivity index is 2.44. The normalized spacial score (nSPS) is 11.1. The van der Waals surface area contributed by atoms with Crippen molar-refractivity contribution in [1.82, 2.24) is 19.7 Å². The van der Waals surface area contributed by atoms with E-state index < -0.39 is 0 Å². The van der Waals surface area contributed by atoms with Gasteiger partial charge in [0.2, 0.25) is 0 Å². The van der Waals surface area contributed by atoms with Crippen molar-refractivity contribution in [1.29, 1.82) is 0 Å². The topological polar surface area (TPSA) is 42.2 Å². The molecule has 2 heterocycles. The molecule has 0 bridgehead atoms. The zero-order valence-electron chi connectivity index (χ0n) is 9.41. The molecule has 0 amide bonds. The highest BCUT2D eigenvalue weighted by molar-refractivity contribution is 5.43. The van der Waals surface area contributed by atoms with Crippen molar-refractivity contribution in [3.63, 3.8) is 0 Å². The van der Waals surface area contributed by atoms with Gasteiger partial charge in [0.15, 0.2) is 0 Å². The lowest BCUT2D eigenvalue weighted by Gasteiger charge is -1.98. The van der Waals surface area contributed by atoms with E-state index in [1.165, 1.54) is 5.69 Å². The van der Waals surface area contributed by atoms with Crippen molar-refractivity contribution in [2.24, 2.45) is 0 Å². The van der Waals surface area contributed by atoms with E-state index in [0.29, 0.717) is 0 Å². The molecule has 0 aliphatic rings. The second-order valence-corrected chi connectivity index (χ2v) is 3.76. The fraction of sp³-hybridized carbons (Fsp3) is 0.455. The first-order chi connectivity index (χ1) is 7.22. The fourth-order valence-corrected chi connectivity index (χ4v) is 1.68. The molecule has 15 heavy (non-hydrogen) atoms. The van der Waals surface area contributed by atoms with Crippen molar-refractivity contribution in [2.75, 3.05) is 13.6 Å². The lowest BCUT2D eigenvalue weighted by Crippen LogP contribution is -2.11. The van der Waals surface area contributed by atoms with Crippen LogP contribution >= 0.6 is 0 Å². The standard InChI is InChI=1S/C11H16N4/c1-8-6-11-14-10(4-5-12-3)9(2)15(11)7-13-8/h6-7,12H,4-5H2,1-3H3. The number of nitrogens with zero attached hydrogens (tertiary/aromatic N) is 3. The van der Waals surface area contributed by atoms with Crippen molar-refractivity contribution in [3.05, 3.63) is 29.5 Å². The number of fused-ring (bicyclic) bond motifs is 1. The molecule has 0 atom stereocenters. The molecular formula is C11H16N4. The van der Waals surface area contributed by atoms with E-state index in [1.807, 2.05) is 30.8 Å². The maximum absolute atomic E-state index is 4.59. The Labute approximate surface area is 89.4 Å². The van der Waals surface area contributed by atoms with E-state index in [4.69, 9.17) is 0 Å². The third-order valence-electron chi connectivity index (χ3n) is 2.60. The predicted octanol–water partition coefficient (Wildman–Crippen LogP) is 1.11. The maximum atomic E-state index is 4.59. The number of hydrogen-bond acceptors (Lipinski definition) is 3. The first-order valence-corrected chi connectivity index (χ1v) is 5.17. The van der Waals surface area contributed by atoms with Gasteiger partial charge in [0.05, 0.1) is 5.69 Å². The zero-order valence-corrected chi connectivity index (χ0v) is 9.41. The molecule has 2 rings (SSSR count). The van der Waals surface area contributed by atoms with Gasteiger partial charge in [-0.3, -0.25) is 4.40 Å². The van der Waals surface area contributed by atoms with E-state index in [2.05, 4.69) is 22.2 Å². The minimum Gasteiger partial charge on any atom is -0.319 e. The van der Waals surface area contributed by atoms with Crippen LogP contribution in [0.3, 0.4) is 0 Å². The number of imidazole rings is 1. The van der Waals surface area contributed by atoms with Gasteiger partial charge in [-0.25, -0.2) is 9.97 Å². The molecule has 1 N–H and O–H groups in total. The first kappa shape index (κ1) is 10.1. The lowest BCUT2D eigenvalue weighted by molar-refractivity contribution is 0.775. The molecule has 2 aromatic heterocycles. The van der Waals surface area contributed by atoms with Crippen LogP contribution in [-0.4, -0.2) is 28.0 Å². The fourth-order valence-electron chi connectivity index (χ4n) is 1.68. The molecule has 4 nitrogen and oxygen atoms in total. The molecule has 0 aliphatic heterocycles. The van der Waals surface area contributed by atoms with Crippen LogP contribution in [-0.2, 0) is 6.42 Å². The molecule has 4 heteroatoms. The van der Waals surface area contributed by atoms with Gasteiger partial charge >= 0.3 is 0 Å². The monoisotopic (exact) mass is 204 g/mol. The maximum Gasteiger partial charge on any atom is 0.140 e. The highest BCUT2D eigenvalue weighted by Gasteiger charge is 2.07. The summed E-state index contributed by atoms with van der Waals surface area (Å²) in [5.41, 5.74) is 4.34. The Morgan fingerprint density at radius 2 is 2.20 bits per heavy atom. The number of hydrogen-bond donors (Lipinski definition) is 1. The van der Waals surface area contributed by atoms with Gasteiger partial charge in [0, 0.05) is 30.4 Å². The van der Waals surface area contributed by atoms with Crippen LogP contribution in [0.1, 0.15) is 17.1 Å². The second kappa shape index (κ2) is 3.98. The average Bonchev–Trinajstić information content (AvgIpc) is 2.52. The Bertz CT molecular complexity index is 473. The minimum absolute atomic E-state index is 0.955. The van der Waals surface area contributed by atoms with E-state index in [1.54, 1.807) is 0 Å². The quantitative estimate of drug-likeness (QED) is 0.814. The number of nitrogens with one attached hydrogen (secondary N) is 1. The lowest BCUT2D eigenvalue weighted by atomic mass is 10.2. The Morgan fingerprint density at radius 3 is 2.93 bits per heavy atom. The summed E-state index contributed by atoms with van der Waals surface area (Å²) in [6.07, 6.45) is 2.80. The smallest absolute Gasteiger partial charge is 0.140 e. The van der Waals surface area contributed by atoms with Crippen LogP contribution in [0.2, 0.25) is 0 Å². The summed E-state index contributed by atoms with van der Waals surface area (Å²) in [6, 6.07) is 2.01. The number of rotatable bonds is 3. The van der Waals surface area contributed by atoms with Gasteiger partial charge in [0.25, 0.3) is 0 Å². The molecule has 0 spiro atoms. The van der Waals surface area contributed by atoms with Gasteiger partial charge in [-0.15, -0.1) is 0 Å². The molecule has 0 unspecified atom stereocenters. The summed E-state index contributed by atoms with van der Waals surface area (Å²) in [5, 5.41) is 3.13. The molecule has 0 radical (unpaired) electrons. The molecular weight excluding hydrogens is 188 g/mol. The molecule has 0 saturated carbocycles. The van der Waals surface area contributed by atoms with E-state index >= 15 is 0 Å². The Hall–Kier alpha value is -1.42. The summed E-state index contributed by atoms with van der Waals surface area (Å²) in [5.74, 6) is 0. The van der Waals surface area contributed by atoms with Gasteiger partial charge in [0.1, 0.15) is 12.0 Å². The van der Waals surface area contributed by atoms with Crippen LogP contribution in [0.4, 0.5) is 0 Å². The first-order valence-electron chi connectivity index (χ1n) is 5.17. The van der Waals surface area contributed by atoms with Crippen molar-refractivity contribution < 1.29 is 0 Å². The molecule has 2 aromatic rings. The van der Waals surface area contributed by atoms with E-state index in [9.17, 15) is 0 Å². The average molecular weight is 204 g/mol. The number of likely N-dealkylation sites (N-methyl/N-ethyl adjacent to an activating group) is 1. The van der Waals surface area contributed by atoms with Crippen LogP contribution < -0.4 is 5.32 Å². The second-order valence-electron chi connectivity index (χ2n) is 3.76. The van der Waals surface area contributed by atoms with Crippen LogP contribution in [0.15, 0.2) is 12.4 Å². The van der Waals surface area contributed by atoms with Crippen LogP contribution in [0.5, 0.6) is 0 Å². The summed E-state index contributed by atoms with van der Waals surface area (Å²) >= 11 is 0. The number of aromatic nitrogens is 3. The van der Waals surface area contributed by atoms with Crippen molar-refractivity contribution in [2.45, 2.75) is 20.3 Å². The molecule has 0 fully saturated rings. The van der Waals surface area contributed by atoms with Crippen LogP contribution in [0, 0.1) is 13.8 Å². The highest BCUT2D eigenvalue weighted by Crippen LogP contribution is 2.11.